The van der Waals surface area contributed by atoms with Gasteiger partial charge in [-0.15, -0.1) is 0 Å². The van der Waals surface area contributed by atoms with E-state index in [1.165, 1.54) is 0 Å². The topological polar surface area (TPSA) is 153 Å². The van der Waals surface area contributed by atoms with E-state index >= 15 is 0 Å². The summed E-state index contributed by atoms with van der Waals surface area (Å²) < 4.78 is 60.2. The minimum atomic E-state index is -3.84. The molecule has 0 atom stereocenters. The standard InChI is InChI=1S/C26H53N3O7S2/c1-3-21-29(25(27-2)18-14-10-6-4-8-12-16-23-37(31,32)33)22-20-28-26(30)19-15-11-7-5-9-13-17-24-38(34,35)36/h3-24H2,1-2H3,(H,28,30)(H,31,32,33)(H,34,35,36)/b27-25+. The van der Waals surface area contributed by atoms with E-state index in [0.29, 0.717) is 25.8 Å². The van der Waals surface area contributed by atoms with Crippen molar-refractivity contribution >= 4 is 32.0 Å². The lowest BCUT2D eigenvalue weighted by Crippen LogP contribution is -2.39. The molecule has 1 amide bonds. The van der Waals surface area contributed by atoms with Gasteiger partial charge in [0.1, 0.15) is 0 Å². The van der Waals surface area contributed by atoms with Crippen molar-refractivity contribution in [3.8, 4) is 0 Å². The summed E-state index contributed by atoms with van der Waals surface area (Å²) in [5.74, 6) is 0.829. The number of amides is 1. The smallest absolute Gasteiger partial charge is 0.264 e. The van der Waals surface area contributed by atoms with Crippen LogP contribution < -0.4 is 5.32 Å². The Labute approximate surface area is 231 Å². The average Bonchev–Trinajstić information content (AvgIpc) is 2.82. The second-order valence-corrected chi connectivity index (χ2v) is 13.1. The zero-order chi connectivity index (χ0) is 28.7. The number of hydrogen-bond donors (Lipinski definition) is 3. The van der Waals surface area contributed by atoms with Gasteiger partial charge in [-0.25, -0.2) is 0 Å². The lowest BCUT2D eigenvalue weighted by atomic mass is 10.1. The predicted molar refractivity (Wildman–Crippen MR) is 155 cm³/mol. The molecule has 0 radical (unpaired) electrons. The number of nitrogens with zero attached hydrogens (tertiary/aromatic N) is 2. The Hall–Kier alpha value is -1.24. The SMILES string of the molecule is CCCN(CCNC(=O)CCCCCCCCCS(=O)(=O)O)/C(CCCCCCCCCS(=O)(=O)O)=N/C. The van der Waals surface area contributed by atoms with Crippen LogP contribution in [-0.4, -0.2) is 80.8 Å². The van der Waals surface area contributed by atoms with Crippen molar-refractivity contribution in [2.45, 2.75) is 116 Å². The molecule has 0 aliphatic rings. The van der Waals surface area contributed by atoms with Crippen LogP contribution in [-0.2, 0) is 25.0 Å². The van der Waals surface area contributed by atoms with E-state index < -0.39 is 20.2 Å². The Bertz CT molecular complexity index is 847. The molecule has 38 heavy (non-hydrogen) atoms. The summed E-state index contributed by atoms with van der Waals surface area (Å²) in [6.45, 7) is 4.37. The van der Waals surface area contributed by atoms with E-state index in [1.54, 1.807) is 0 Å². The number of amidine groups is 1. The molecule has 10 nitrogen and oxygen atoms in total. The monoisotopic (exact) mass is 583 g/mol. The fourth-order valence-corrected chi connectivity index (χ4v) is 5.51. The van der Waals surface area contributed by atoms with E-state index in [-0.39, 0.29) is 17.4 Å². The molecule has 0 aliphatic carbocycles. The van der Waals surface area contributed by atoms with Gasteiger partial charge in [0, 0.05) is 39.5 Å². The van der Waals surface area contributed by atoms with Gasteiger partial charge in [-0.2, -0.15) is 16.8 Å². The molecule has 0 saturated heterocycles. The molecule has 226 valence electrons. The van der Waals surface area contributed by atoms with Crippen molar-refractivity contribution < 1.29 is 30.7 Å². The molecule has 0 bridgehead atoms. The Morgan fingerprint density at radius 3 is 1.53 bits per heavy atom. The summed E-state index contributed by atoms with van der Waals surface area (Å²) in [5, 5.41) is 3.02. The van der Waals surface area contributed by atoms with Crippen LogP contribution in [0.25, 0.3) is 0 Å². The van der Waals surface area contributed by atoms with Crippen molar-refractivity contribution in [2.24, 2.45) is 4.99 Å². The third-order valence-corrected chi connectivity index (χ3v) is 8.04. The van der Waals surface area contributed by atoms with Crippen molar-refractivity contribution in [2.75, 3.05) is 38.2 Å². The number of unbranched alkanes of at least 4 members (excludes halogenated alkanes) is 12. The lowest BCUT2D eigenvalue weighted by molar-refractivity contribution is -0.121. The van der Waals surface area contributed by atoms with Crippen molar-refractivity contribution in [1.82, 2.24) is 10.2 Å². The van der Waals surface area contributed by atoms with E-state index in [0.717, 1.165) is 109 Å². The molecule has 3 N–H and O–H groups in total. The zero-order valence-electron chi connectivity index (χ0n) is 23.7. The van der Waals surface area contributed by atoms with Crippen molar-refractivity contribution in [3.05, 3.63) is 0 Å². The van der Waals surface area contributed by atoms with Crippen LogP contribution in [0.2, 0.25) is 0 Å². The number of rotatable bonds is 25. The van der Waals surface area contributed by atoms with Crippen LogP contribution in [0.3, 0.4) is 0 Å². The Balaban J connectivity index is 3.94. The molecule has 0 spiro atoms. The highest BCUT2D eigenvalue weighted by Crippen LogP contribution is 2.12. The van der Waals surface area contributed by atoms with E-state index in [9.17, 15) is 21.6 Å². The van der Waals surface area contributed by atoms with Gasteiger partial charge in [-0.3, -0.25) is 18.9 Å². The molecule has 12 heteroatoms. The Morgan fingerprint density at radius 1 is 0.684 bits per heavy atom. The second kappa shape index (κ2) is 22.6. The molecule has 0 aliphatic heterocycles. The average molecular weight is 584 g/mol. The highest BCUT2D eigenvalue weighted by Gasteiger charge is 2.11. The molecule has 0 aromatic rings. The van der Waals surface area contributed by atoms with Crippen molar-refractivity contribution in [3.63, 3.8) is 0 Å². The van der Waals surface area contributed by atoms with Gasteiger partial charge in [0.25, 0.3) is 20.2 Å². The third-order valence-electron chi connectivity index (χ3n) is 6.43. The normalized spacial score (nSPS) is 12.6. The number of carbonyl (C=O) groups is 1. The van der Waals surface area contributed by atoms with Crippen LogP contribution >= 0.6 is 0 Å². The van der Waals surface area contributed by atoms with E-state index in [4.69, 9.17) is 9.11 Å². The summed E-state index contributed by atoms with van der Waals surface area (Å²) >= 11 is 0. The van der Waals surface area contributed by atoms with Crippen LogP contribution in [0.1, 0.15) is 116 Å². The van der Waals surface area contributed by atoms with Gasteiger partial charge in [-0.05, 0) is 32.1 Å². The molecule has 0 saturated carbocycles. The highest BCUT2D eigenvalue weighted by atomic mass is 32.2. The minimum absolute atomic E-state index is 0.0705. The van der Waals surface area contributed by atoms with E-state index in [2.05, 4.69) is 22.1 Å². The first-order valence-corrected chi connectivity index (χ1v) is 17.6. The molecule has 0 rings (SSSR count). The van der Waals surface area contributed by atoms with Crippen LogP contribution in [0.4, 0.5) is 0 Å². The number of carbonyl (C=O) groups excluding carboxylic acids is 1. The summed E-state index contributed by atoms with van der Waals surface area (Å²) in [4.78, 5) is 19.0. The third kappa shape index (κ3) is 25.1. The van der Waals surface area contributed by atoms with Gasteiger partial charge in [0.2, 0.25) is 5.91 Å². The molecule has 0 fully saturated rings. The molecular weight excluding hydrogens is 530 g/mol. The van der Waals surface area contributed by atoms with Gasteiger partial charge in [-0.1, -0.05) is 71.1 Å². The minimum Gasteiger partial charge on any atom is -0.359 e. The largest absolute Gasteiger partial charge is 0.359 e. The molecule has 0 aromatic carbocycles. The van der Waals surface area contributed by atoms with Gasteiger partial charge >= 0.3 is 0 Å². The molecule has 0 aromatic heterocycles. The summed E-state index contributed by atoms with van der Waals surface area (Å²) in [5.41, 5.74) is 0. The quantitative estimate of drug-likeness (QED) is 0.0596. The maximum Gasteiger partial charge on any atom is 0.264 e. The van der Waals surface area contributed by atoms with Gasteiger partial charge < -0.3 is 10.2 Å². The molecule has 0 heterocycles. The van der Waals surface area contributed by atoms with Gasteiger partial charge in [0.15, 0.2) is 0 Å². The first-order valence-electron chi connectivity index (χ1n) is 14.4. The Kier molecular flexibility index (Phi) is 21.8. The molecular formula is C26H53N3O7S2. The summed E-state index contributed by atoms with van der Waals surface area (Å²) in [6.07, 6.45) is 15.1. The maximum absolute atomic E-state index is 12.2. The number of hydrogen-bond acceptors (Lipinski definition) is 6. The maximum atomic E-state index is 12.2. The van der Waals surface area contributed by atoms with Crippen LogP contribution in [0, 0.1) is 0 Å². The Morgan fingerprint density at radius 2 is 1.11 bits per heavy atom. The van der Waals surface area contributed by atoms with Crippen LogP contribution in [0.5, 0.6) is 0 Å². The summed E-state index contributed by atoms with van der Waals surface area (Å²) in [7, 11) is -5.86. The highest BCUT2D eigenvalue weighted by molar-refractivity contribution is 7.86. The first kappa shape index (κ1) is 36.8. The van der Waals surface area contributed by atoms with Crippen LogP contribution in [0.15, 0.2) is 4.99 Å². The first-order chi connectivity index (χ1) is 18.0. The van der Waals surface area contributed by atoms with Crippen molar-refractivity contribution in [1.29, 1.82) is 0 Å². The number of aliphatic imine (C=N–C) groups is 1. The second-order valence-electron chi connectivity index (χ2n) is 10.00. The number of nitrogens with one attached hydrogen (secondary N) is 1. The van der Waals surface area contributed by atoms with Gasteiger partial charge in [0.05, 0.1) is 17.3 Å². The zero-order valence-corrected chi connectivity index (χ0v) is 25.3. The fourth-order valence-electron chi connectivity index (χ4n) is 4.38. The predicted octanol–water partition coefficient (Wildman–Crippen LogP) is 4.86. The summed E-state index contributed by atoms with van der Waals surface area (Å²) in [6, 6.07) is 0. The van der Waals surface area contributed by atoms with E-state index in [1.807, 2.05) is 7.05 Å². The molecule has 0 unspecified atom stereocenters. The fraction of sp³-hybridized carbons (Fsp3) is 0.923. The lowest BCUT2D eigenvalue weighted by Gasteiger charge is -2.26.